The van der Waals surface area contributed by atoms with E-state index in [1.54, 1.807) is 0 Å². The van der Waals surface area contributed by atoms with Gasteiger partial charge in [0.05, 0.1) is 6.04 Å². The number of hydrogen-bond donors (Lipinski definition) is 1. The number of alkyl halides is 1. The molecular weight excluding hydrogens is 246 g/mol. The molecule has 0 fully saturated rings. The monoisotopic (exact) mass is 267 g/mol. The highest BCUT2D eigenvalue weighted by Gasteiger charge is 2.17. The normalized spacial score (nSPS) is 13.9. The second-order valence-electron chi connectivity index (χ2n) is 4.67. The molecule has 3 heteroatoms. The maximum Gasteiger partial charge on any atom is 0.223 e. The van der Waals surface area contributed by atoms with Crippen molar-refractivity contribution in [2.24, 2.45) is 5.92 Å². The molecule has 2 unspecified atom stereocenters. The van der Waals surface area contributed by atoms with E-state index in [0.717, 1.165) is 24.8 Å². The van der Waals surface area contributed by atoms with Gasteiger partial charge in [0.2, 0.25) is 5.91 Å². The first-order valence-corrected chi connectivity index (χ1v) is 7.13. The molecule has 0 heterocycles. The summed E-state index contributed by atoms with van der Waals surface area (Å²) in [6.45, 7) is 4.11. The lowest BCUT2D eigenvalue weighted by molar-refractivity contribution is -0.125. The van der Waals surface area contributed by atoms with Crippen LogP contribution < -0.4 is 5.32 Å². The van der Waals surface area contributed by atoms with Crippen LogP contribution in [0.1, 0.15) is 44.7 Å². The smallest absolute Gasteiger partial charge is 0.223 e. The van der Waals surface area contributed by atoms with Gasteiger partial charge in [-0.25, -0.2) is 0 Å². The van der Waals surface area contributed by atoms with Crippen LogP contribution >= 0.6 is 11.6 Å². The van der Waals surface area contributed by atoms with E-state index in [1.807, 2.05) is 37.3 Å². The molecule has 0 aliphatic heterocycles. The fourth-order valence-electron chi connectivity index (χ4n) is 1.85. The van der Waals surface area contributed by atoms with Crippen molar-refractivity contribution in [3.8, 4) is 0 Å². The number of nitrogens with one attached hydrogen (secondary N) is 1. The first-order valence-electron chi connectivity index (χ1n) is 6.60. The molecule has 2 nitrogen and oxygen atoms in total. The van der Waals surface area contributed by atoms with Crippen molar-refractivity contribution in [3.05, 3.63) is 35.9 Å². The third-order valence-corrected chi connectivity index (χ3v) is 3.42. The third kappa shape index (κ3) is 4.69. The number of rotatable bonds is 7. The number of hydrogen-bond acceptors (Lipinski definition) is 1. The number of unbranched alkanes of at least 4 members (excludes halogenated alkanes) is 1. The van der Waals surface area contributed by atoms with Gasteiger partial charge >= 0.3 is 0 Å². The highest BCUT2D eigenvalue weighted by Crippen LogP contribution is 2.16. The molecule has 0 aliphatic carbocycles. The van der Waals surface area contributed by atoms with Gasteiger partial charge in [0.1, 0.15) is 0 Å². The Balaban J connectivity index is 2.56. The first kappa shape index (κ1) is 15.0. The number of carbonyl (C=O) groups is 1. The Morgan fingerprint density at radius 1 is 1.33 bits per heavy atom. The molecule has 1 aromatic rings. The van der Waals surface area contributed by atoms with Gasteiger partial charge in [-0.2, -0.15) is 0 Å². The Kier molecular flexibility index (Phi) is 6.81. The molecule has 0 spiro atoms. The van der Waals surface area contributed by atoms with Crippen molar-refractivity contribution in [1.82, 2.24) is 5.32 Å². The van der Waals surface area contributed by atoms with Crippen molar-refractivity contribution >= 4 is 17.5 Å². The lowest BCUT2D eigenvalue weighted by atomic mass is 10.0. The number of halogens is 1. The molecule has 1 rings (SSSR count). The van der Waals surface area contributed by atoms with Crippen molar-refractivity contribution < 1.29 is 4.79 Å². The lowest BCUT2D eigenvalue weighted by Gasteiger charge is -2.19. The number of benzene rings is 1. The van der Waals surface area contributed by atoms with Crippen molar-refractivity contribution in [2.75, 3.05) is 5.88 Å². The highest BCUT2D eigenvalue weighted by molar-refractivity contribution is 6.18. The van der Waals surface area contributed by atoms with Gasteiger partial charge in [-0.05, 0) is 12.0 Å². The summed E-state index contributed by atoms with van der Waals surface area (Å²) in [5.41, 5.74) is 1.06. The zero-order chi connectivity index (χ0) is 13.4. The van der Waals surface area contributed by atoms with Gasteiger partial charge in [0, 0.05) is 11.8 Å². The van der Waals surface area contributed by atoms with Crippen LogP contribution in [0, 0.1) is 5.92 Å². The van der Waals surface area contributed by atoms with E-state index in [2.05, 4.69) is 12.2 Å². The van der Waals surface area contributed by atoms with Gasteiger partial charge in [0.15, 0.2) is 0 Å². The SMILES string of the molecule is CCCCC(C)C(=O)NC(CCl)c1ccccc1. The number of amides is 1. The molecular formula is C15H22ClNO. The topological polar surface area (TPSA) is 29.1 Å². The van der Waals surface area contributed by atoms with Crippen LogP contribution in [0.3, 0.4) is 0 Å². The van der Waals surface area contributed by atoms with Gasteiger partial charge in [0.25, 0.3) is 0 Å². The van der Waals surface area contributed by atoms with E-state index >= 15 is 0 Å². The third-order valence-electron chi connectivity index (χ3n) is 3.11. The van der Waals surface area contributed by atoms with Crippen molar-refractivity contribution in [1.29, 1.82) is 0 Å². The van der Waals surface area contributed by atoms with Gasteiger partial charge < -0.3 is 5.32 Å². The fourth-order valence-corrected chi connectivity index (χ4v) is 2.11. The largest absolute Gasteiger partial charge is 0.348 e. The van der Waals surface area contributed by atoms with Crippen LogP contribution in [0.2, 0.25) is 0 Å². The minimum absolute atomic E-state index is 0.0550. The van der Waals surface area contributed by atoms with Crippen LogP contribution in [0.4, 0.5) is 0 Å². The Hall–Kier alpha value is -1.02. The average molecular weight is 268 g/mol. The molecule has 0 radical (unpaired) electrons. The Morgan fingerprint density at radius 2 is 2.00 bits per heavy atom. The molecule has 0 aromatic heterocycles. The maximum atomic E-state index is 12.0. The summed E-state index contributed by atoms with van der Waals surface area (Å²) in [5.74, 6) is 0.549. The van der Waals surface area contributed by atoms with Crippen LogP contribution in [-0.2, 0) is 4.79 Å². The van der Waals surface area contributed by atoms with Crippen molar-refractivity contribution in [3.63, 3.8) is 0 Å². The van der Waals surface area contributed by atoms with Gasteiger partial charge in [-0.15, -0.1) is 11.6 Å². The molecule has 18 heavy (non-hydrogen) atoms. The van der Waals surface area contributed by atoms with Crippen LogP contribution in [0.25, 0.3) is 0 Å². The van der Waals surface area contributed by atoms with Crippen LogP contribution in [0.5, 0.6) is 0 Å². The summed E-state index contributed by atoms with van der Waals surface area (Å²) in [7, 11) is 0. The first-order chi connectivity index (χ1) is 8.69. The van der Waals surface area contributed by atoms with Crippen molar-refractivity contribution in [2.45, 2.75) is 39.2 Å². The standard InChI is InChI=1S/C15H22ClNO/c1-3-4-8-12(2)15(18)17-14(11-16)13-9-6-5-7-10-13/h5-7,9-10,12,14H,3-4,8,11H2,1-2H3,(H,17,18). The summed E-state index contributed by atoms with van der Waals surface area (Å²) in [5, 5.41) is 3.02. The molecule has 1 aromatic carbocycles. The minimum Gasteiger partial charge on any atom is -0.348 e. The predicted molar refractivity (Wildman–Crippen MR) is 76.7 cm³/mol. The van der Waals surface area contributed by atoms with E-state index in [9.17, 15) is 4.79 Å². The molecule has 0 bridgehead atoms. The van der Waals surface area contributed by atoms with E-state index in [0.29, 0.717) is 5.88 Å². The van der Waals surface area contributed by atoms with E-state index in [1.165, 1.54) is 0 Å². The fraction of sp³-hybridized carbons (Fsp3) is 0.533. The quantitative estimate of drug-likeness (QED) is 0.746. The van der Waals surface area contributed by atoms with E-state index in [4.69, 9.17) is 11.6 Å². The molecule has 1 amide bonds. The summed E-state index contributed by atoms with van der Waals surface area (Å²) in [6.07, 6.45) is 3.15. The van der Waals surface area contributed by atoms with Crippen LogP contribution in [0.15, 0.2) is 30.3 Å². The average Bonchev–Trinajstić information content (AvgIpc) is 2.42. The Bertz CT molecular complexity index is 353. The maximum absolute atomic E-state index is 12.0. The van der Waals surface area contributed by atoms with Gasteiger partial charge in [-0.3, -0.25) is 4.79 Å². The van der Waals surface area contributed by atoms with E-state index in [-0.39, 0.29) is 17.9 Å². The Labute approximate surface area is 115 Å². The molecule has 0 saturated carbocycles. The molecule has 0 saturated heterocycles. The summed E-state index contributed by atoms with van der Waals surface area (Å²) in [6, 6.07) is 9.77. The predicted octanol–water partition coefficient (Wildman–Crippen LogP) is 3.91. The molecule has 100 valence electrons. The summed E-state index contributed by atoms with van der Waals surface area (Å²) in [4.78, 5) is 12.0. The highest BCUT2D eigenvalue weighted by atomic mass is 35.5. The minimum atomic E-state index is -0.0931. The zero-order valence-corrected chi connectivity index (χ0v) is 11.9. The summed E-state index contributed by atoms with van der Waals surface area (Å²) < 4.78 is 0. The lowest BCUT2D eigenvalue weighted by Crippen LogP contribution is -2.33. The summed E-state index contributed by atoms with van der Waals surface area (Å²) >= 11 is 5.94. The van der Waals surface area contributed by atoms with E-state index < -0.39 is 0 Å². The second-order valence-corrected chi connectivity index (χ2v) is 4.98. The zero-order valence-electron chi connectivity index (χ0n) is 11.2. The molecule has 1 N–H and O–H groups in total. The molecule has 2 atom stereocenters. The second kappa shape index (κ2) is 8.15. The number of carbonyl (C=O) groups excluding carboxylic acids is 1. The van der Waals surface area contributed by atoms with Gasteiger partial charge in [-0.1, -0.05) is 57.0 Å². The molecule has 0 aliphatic rings. The van der Waals surface area contributed by atoms with Crippen LogP contribution in [-0.4, -0.2) is 11.8 Å². The Morgan fingerprint density at radius 3 is 2.56 bits per heavy atom.